The molecule has 1 aliphatic rings. The lowest BCUT2D eigenvalue weighted by atomic mass is 10.0. The lowest BCUT2D eigenvalue weighted by molar-refractivity contribution is -0.120. The standard InChI is InChI=1S/C18H19NO7S/c1-10-12-6-15(24-2)16(25-3)8-14(12)26-18(21)13(10)7-17(20)19-11-4-5-27(22,23)9-11/h4-6,8,11H,7,9H2,1-3H3,(H,19,20)/t11-/m0/s1. The molecule has 2 aromatic rings. The van der Waals surface area contributed by atoms with Gasteiger partial charge in [-0.15, -0.1) is 0 Å². The lowest BCUT2D eigenvalue weighted by Crippen LogP contribution is -2.37. The van der Waals surface area contributed by atoms with Crippen molar-refractivity contribution in [2.24, 2.45) is 0 Å². The van der Waals surface area contributed by atoms with Crippen molar-refractivity contribution in [3.05, 3.63) is 45.2 Å². The number of amides is 1. The van der Waals surface area contributed by atoms with Crippen molar-refractivity contribution in [1.82, 2.24) is 5.32 Å². The Morgan fingerprint density at radius 1 is 1.26 bits per heavy atom. The monoisotopic (exact) mass is 393 g/mol. The summed E-state index contributed by atoms with van der Waals surface area (Å²) < 4.78 is 38.7. The van der Waals surface area contributed by atoms with Gasteiger partial charge in [0.15, 0.2) is 21.3 Å². The van der Waals surface area contributed by atoms with Crippen LogP contribution in [0.15, 0.2) is 32.8 Å². The molecule has 3 rings (SSSR count). The van der Waals surface area contributed by atoms with E-state index in [9.17, 15) is 18.0 Å². The molecule has 1 amide bonds. The van der Waals surface area contributed by atoms with Crippen LogP contribution in [0.4, 0.5) is 0 Å². The number of aryl methyl sites for hydroxylation is 1. The molecule has 2 heterocycles. The van der Waals surface area contributed by atoms with Gasteiger partial charge in [0.05, 0.1) is 38.0 Å². The van der Waals surface area contributed by atoms with Crippen LogP contribution in [0, 0.1) is 6.92 Å². The van der Waals surface area contributed by atoms with Crippen LogP contribution in [0.2, 0.25) is 0 Å². The van der Waals surface area contributed by atoms with E-state index in [4.69, 9.17) is 13.9 Å². The van der Waals surface area contributed by atoms with Crippen molar-refractivity contribution < 1.29 is 27.1 Å². The zero-order valence-electron chi connectivity index (χ0n) is 15.1. The van der Waals surface area contributed by atoms with Crippen molar-refractivity contribution >= 4 is 26.7 Å². The molecule has 0 saturated heterocycles. The number of nitrogens with one attached hydrogen (secondary N) is 1. The van der Waals surface area contributed by atoms with E-state index in [1.54, 1.807) is 19.1 Å². The van der Waals surface area contributed by atoms with Gasteiger partial charge in [-0.1, -0.05) is 0 Å². The second kappa shape index (κ2) is 7.07. The summed E-state index contributed by atoms with van der Waals surface area (Å²) in [5.41, 5.74) is 0.491. The molecule has 1 aromatic heterocycles. The molecule has 0 saturated carbocycles. The molecule has 1 aromatic carbocycles. The highest BCUT2D eigenvalue weighted by atomic mass is 32.2. The lowest BCUT2D eigenvalue weighted by Gasteiger charge is -2.13. The first-order chi connectivity index (χ1) is 12.7. The van der Waals surface area contributed by atoms with Gasteiger partial charge >= 0.3 is 5.63 Å². The van der Waals surface area contributed by atoms with Gasteiger partial charge < -0.3 is 19.2 Å². The topological polar surface area (TPSA) is 112 Å². The van der Waals surface area contributed by atoms with Crippen LogP contribution in [0.5, 0.6) is 11.5 Å². The summed E-state index contributed by atoms with van der Waals surface area (Å²) in [5.74, 6) is 0.254. The van der Waals surface area contributed by atoms with Crippen LogP contribution < -0.4 is 20.4 Å². The maximum absolute atomic E-state index is 12.4. The molecule has 0 bridgehead atoms. The second-order valence-electron chi connectivity index (χ2n) is 6.21. The number of rotatable bonds is 5. The van der Waals surface area contributed by atoms with Crippen LogP contribution in [0.25, 0.3) is 11.0 Å². The van der Waals surface area contributed by atoms with Gasteiger partial charge in [-0.3, -0.25) is 4.79 Å². The fourth-order valence-corrected chi connectivity index (χ4v) is 4.24. The molecular weight excluding hydrogens is 374 g/mol. The number of carbonyl (C=O) groups is 1. The summed E-state index contributed by atoms with van der Waals surface area (Å²) in [6.45, 7) is 1.72. The molecule has 1 aliphatic heterocycles. The fraction of sp³-hybridized carbons (Fsp3) is 0.333. The van der Waals surface area contributed by atoms with Crippen molar-refractivity contribution in [2.45, 2.75) is 19.4 Å². The molecule has 8 nitrogen and oxygen atoms in total. The fourth-order valence-electron chi connectivity index (χ4n) is 3.00. The third kappa shape index (κ3) is 3.82. The van der Waals surface area contributed by atoms with Crippen molar-refractivity contribution in [3.8, 4) is 11.5 Å². The molecule has 1 N–H and O–H groups in total. The Hall–Kier alpha value is -2.81. The zero-order chi connectivity index (χ0) is 19.8. The molecular formula is C18H19NO7S. The van der Waals surface area contributed by atoms with E-state index < -0.39 is 27.4 Å². The van der Waals surface area contributed by atoms with Crippen LogP contribution >= 0.6 is 0 Å². The number of carbonyl (C=O) groups excluding carboxylic acids is 1. The summed E-state index contributed by atoms with van der Waals surface area (Å²) in [5, 5.41) is 4.30. The minimum absolute atomic E-state index is 0.180. The van der Waals surface area contributed by atoms with Gasteiger partial charge in [0.2, 0.25) is 5.91 Å². The maximum Gasteiger partial charge on any atom is 0.340 e. The third-order valence-electron chi connectivity index (χ3n) is 4.41. The Labute approximate surface area is 155 Å². The predicted molar refractivity (Wildman–Crippen MR) is 98.9 cm³/mol. The second-order valence-corrected chi connectivity index (χ2v) is 8.14. The molecule has 0 radical (unpaired) electrons. The minimum atomic E-state index is -3.27. The number of methoxy groups -OCH3 is 2. The Balaban J connectivity index is 1.91. The number of ether oxygens (including phenoxy) is 2. The Bertz CT molecular complexity index is 1100. The van der Waals surface area contributed by atoms with Gasteiger partial charge in [-0.05, 0) is 24.6 Å². The Morgan fingerprint density at radius 3 is 2.52 bits per heavy atom. The smallest absolute Gasteiger partial charge is 0.340 e. The van der Waals surface area contributed by atoms with E-state index in [1.807, 2.05) is 0 Å². The maximum atomic E-state index is 12.4. The van der Waals surface area contributed by atoms with Crippen LogP contribution in [0.1, 0.15) is 11.1 Å². The van der Waals surface area contributed by atoms with E-state index in [0.717, 1.165) is 5.41 Å². The summed E-state index contributed by atoms with van der Waals surface area (Å²) in [6.07, 6.45) is 1.20. The SMILES string of the molecule is COc1cc2oc(=O)c(CC(=O)N[C@H]3C=CS(=O)(=O)C3)c(C)c2cc1OC. The van der Waals surface area contributed by atoms with Crippen LogP contribution in [-0.2, 0) is 21.1 Å². The average molecular weight is 393 g/mol. The molecule has 1 atom stereocenters. The number of fused-ring (bicyclic) bond motifs is 1. The molecule has 0 unspecified atom stereocenters. The highest BCUT2D eigenvalue weighted by Gasteiger charge is 2.24. The number of hydrogen-bond donors (Lipinski definition) is 1. The highest BCUT2D eigenvalue weighted by Crippen LogP contribution is 2.33. The molecule has 0 fully saturated rings. The molecule has 27 heavy (non-hydrogen) atoms. The van der Waals surface area contributed by atoms with Gasteiger partial charge in [0.1, 0.15) is 5.58 Å². The first-order valence-electron chi connectivity index (χ1n) is 8.12. The first-order valence-corrected chi connectivity index (χ1v) is 9.84. The van der Waals surface area contributed by atoms with Crippen LogP contribution in [0.3, 0.4) is 0 Å². The molecule has 0 aliphatic carbocycles. The Kier molecular flexibility index (Phi) is 4.97. The predicted octanol–water partition coefficient (Wildman–Crippen LogP) is 1.09. The average Bonchev–Trinajstić information content (AvgIpc) is 2.95. The number of benzene rings is 1. The summed E-state index contributed by atoms with van der Waals surface area (Å²) >= 11 is 0. The first kappa shape index (κ1) is 19.0. The van der Waals surface area contributed by atoms with Gasteiger partial charge in [-0.2, -0.15) is 0 Å². The van der Waals surface area contributed by atoms with Gasteiger partial charge in [-0.25, -0.2) is 13.2 Å². The van der Waals surface area contributed by atoms with E-state index in [2.05, 4.69) is 5.32 Å². The third-order valence-corrected chi connectivity index (χ3v) is 5.80. The van der Waals surface area contributed by atoms with Crippen molar-refractivity contribution in [2.75, 3.05) is 20.0 Å². The molecule has 0 spiro atoms. The normalized spacial score (nSPS) is 17.8. The Morgan fingerprint density at radius 2 is 1.93 bits per heavy atom. The molecule has 144 valence electrons. The van der Waals surface area contributed by atoms with E-state index >= 15 is 0 Å². The minimum Gasteiger partial charge on any atom is -0.493 e. The highest BCUT2D eigenvalue weighted by molar-refractivity contribution is 7.94. The largest absolute Gasteiger partial charge is 0.493 e. The van der Waals surface area contributed by atoms with E-state index in [-0.39, 0.29) is 17.7 Å². The molecule has 9 heteroatoms. The van der Waals surface area contributed by atoms with Crippen molar-refractivity contribution in [1.29, 1.82) is 0 Å². The van der Waals surface area contributed by atoms with E-state index in [1.165, 1.54) is 20.3 Å². The summed E-state index contributed by atoms with van der Waals surface area (Å²) in [7, 11) is -0.302. The van der Waals surface area contributed by atoms with Gasteiger partial charge in [0, 0.05) is 16.9 Å². The van der Waals surface area contributed by atoms with Crippen LogP contribution in [-0.4, -0.2) is 40.3 Å². The summed E-state index contributed by atoms with van der Waals surface area (Å²) in [4.78, 5) is 24.6. The van der Waals surface area contributed by atoms with E-state index in [0.29, 0.717) is 28.0 Å². The quantitative estimate of drug-likeness (QED) is 0.757. The summed E-state index contributed by atoms with van der Waals surface area (Å²) in [6, 6.07) is 2.64. The zero-order valence-corrected chi connectivity index (χ0v) is 15.9. The number of sulfone groups is 1. The number of hydrogen-bond acceptors (Lipinski definition) is 7. The van der Waals surface area contributed by atoms with Gasteiger partial charge in [0.25, 0.3) is 0 Å². The van der Waals surface area contributed by atoms with Crippen molar-refractivity contribution in [3.63, 3.8) is 0 Å².